The molecule has 1 aromatic heterocycles. The van der Waals surface area contributed by atoms with Crippen LogP contribution < -0.4 is 5.32 Å². The van der Waals surface area contributed by atoms with E-state index in [4.69, 9.17) is 14.7 Å². The highest BCUT2D eigenvalue weighted by molar-refractivity contribution is 5.98. The summed E-state index contributed by atoms with van der Waals surface area (Å²) in [6.45, 7) is 4.58. The first-order chi connectivity index (χ1) is 8.38. The lowest BCUT2D eigenvalue weighted by atomic mass is 10.0. The Morgan fingerprint density at radius 3 is 2.50 bits per heavy atom. The van der Waals surface area contributed by atoms with Gasteiger partial charge in [0.1, 0.15) is 5.56 Å². The number of hydrogen-bond acceptors (Lipinski definition) is 5. The number of aliphatic carboxylic acids is 1. The molecule has 0 saturated carbocycles. The van der Waals surface area contributed by atoms with Gasteiger partial charge in [0.05, 0.1) is 12.3 Å². The largest absolute Gasteiger partial charge is 0.480 e. The Hall–Kier alpha value is -1.89. The smallest absolute Gasteiger partial charge is 0.328 e. The summed E-state index contributed by atoms with van der Waals surface area (Å²) in [5, 5.41) is 23.5. The van der Waals surface area contributed by atoms with E-state index in [1.807, 2.05) is 13.8 Å². The summed E-state index contributed by atoms with van der Waals surface area (Å²) in [7, 11) is 0. The van der Waals surface area contributed by atoms with Crippen molar-refractivity contribution in [1.29, 1.82) is 0 Å². The molecule has 0 aliphatic rings. The number of carboxylic acid groups (broad SMARTS) is 1. The Kier molecular flexibility index (Phi) is 4.43. The molecule has 0 spiro atoms. The number of amides is 1. The SMILES string of the molecule is Cc1noc(C(C)C)c1C(=O)N[C@@H](CO)C(=O)O. The molecule has 0 radical (unpaired) electrons. The van der Waals surface area contributed by atoms with Crippen LogP contribution in [-0.2, 0) is 4.79 Å². The molecule has 0 aliphatic heterocycles. The van der Waals surface area contributed by atoms with E-state index in [9.17, 15) is 9.59 Å². The molecule has 1 atom stereocenters. The monoisotopic (exact) mass is 256 g/mol. The van der Waals surface area contributed by atoms with Gasteiger partial charge in [-0.1, -0.05) is 19.0 Å². The van der Waals surface area contributed by atoms with Crippen LogP contribution in [0.1, 0.15) is 41.6 Å². The van der Waals surface area contributed by atoms with Gasteiger partial charge in [-0.15, -0.1) is 0 Å². The molecule has 0 bridgehead atoms. The molecule has 100 valence electrons. The number of aryl methyl sites for hydroxylation is 1. The summed E-state index contributed by atoms with van der Waals surface area (Å²) in [4.78, 5) is 22.7. The van der Waals surface area contributed by atoms with Gasteiger partial charge in [0.2, 0.25) is 0 Å². The zero-order valence-corrected chi connectivity index (χ0v) is 10.4. The van der Waals surface area contributed by atoms with Crippen molar-refractivity contribution in [3.8, 4) is 0 Å². The molecule has 7 nitrogen and oxygen atoms in total. The normalized spacial score (nSPS) is 12.5. The van der Waals surface area contributed by atoms with Crippen molar-refractivity contribution in [2.24, 2.45) is 0 Å². The molecule has 0 aliphatic carbocycles. The summed E-state index contributed by atoms with van der Waals surface area (Å²) < 4.78 is 5.03. The molecular formula is C11H16N2O5. The van der Waals surface area contributed by atoms with Crippen molar-refractivity contribution in [1.82, 2.24) is 10.5 Å². The number of aromatic nitrogens is 1. The van der Waals surface area contributed by atoms with E-state index in [-0.39, 0.29) is 11.5 Å². The summed E-state index contributed by atoms with van der Waals surface area (Å²) in [6, 6.07) is -1.34. The van der Waals surface area contributed by atoms with Crippen LogP contribution in [0.3, 0.4) is 0 Å². The third-order valence-corrected chi connectivity index (χ3v) is 2.43. The third kappa shape index (κ3) is 2.86. The first kappa shape index (κ1) is 14.2. The second-order valence-corrected chi connectivity index (χ2v) is 4.21. The van der Waals surface area contributed by atoms with Gasteiger partial charge in [0.25, 0.3) is 5.91 Å². The molecule has 0 aromatic carbocycles. The average Bonchev–Trinajstić information content (AvgIpc) is 2.67. The summed E-state index contributed by atoms with van der Waals surface area (Å²) in [5.74, 6) is -1.57. The first-order valence-corrected chi connectivity index (χ1v) is 5.49. The van der Waals surface area contributed by atoms with Gasteiger partial charge in [-0.25, -0.2) is 4.79 Å². The van der Waals surface area contributed by atoms with Gasteiger partial charge in [-0.3, -0.25) is 4.79 Å². The van der Waals surface area contributed by atoms with Gasteiger partial charge in [-0.2, -0.15) is 0 Å². The first-order valence-electron chi connectivity index (χ1n) is 5.49. The van der Waals surface area contributed by atoms with Crippen LogP contribution >= 0.6 is 0 Å². The number of nitrogens with zero attached hydrogens (tertiary/aromatic N) is 1. The minimum absolute atomic E-state index is 0.0515. The summed E-state index contributed by atoms with van der Waals surface area (Å²) >= 11 is 0. The molecule has 1 heterocycles. The Balaban J connectivity index is 2.97. The van der Waals surface area contributed by atoms with Gasteiger partial charge in [-0.05, 0) is 6.92 Å². The highest BCUT2D eigenvalue weighted by Crippen LogP contribution is 2.22. The number of carbonyl (C=O) groups excluding carboxylic acids is 1. The number of aliphatic hydroxyl groups excluding tert-OH is 1. The van der Waals surface area contributed by atoms with E-state index >= 15 is 0 Å². The lowest BCUT2D eigenvalue weighted by Gasteiger charge is -2.12. The maximum Gasteiger partial charge on any atom is 0.328 e. The van der Waals surface area contributed by atoms with Crippen LogP contribution in [-0.4, -0.2) is 39.9 Å². The highest BCUT2D eigenvalue weighted by atomic mass is 16.5. The number of carboxylic acids is 1. The topological polar surface area (TPSA) is 113 Å². The van der Waals surface area contributed by atoms with Crippen LogP contribution in [0.25, 0.3) is 0 Å². The van der Waals surface area contributed by atoms with Crippen LogP contribution in [0.2, 0.25) is 0 Å². The van der Waals surface area contributed by atoms with Crippen molar-refractivity contribution in [2.45, 2.75) is 32.7 Å². The summed E-state index contributed by atoms with van der Waals surface area (Å²) in [6.07, 6.45) is 0. The van der Waals surface area contributed by atoms with Gasteiger partial charge < -0.3 is 20.1 Å². The minimum Gasteiger partial charge on any atom is -0.480 e. The fourth-order valence-corrected chi connectivity index (χ4v) is 1.47. The van der Waals surface area contributed by atoms with Crippen molar-refractivity contribution < 1.29 is 24.3 Å². The Bertz CT molecular complexity index is 452. The zero-order valence-electron chi connectivity index (χ0n) is 10.4. The number of nitrogens with one attached hydrogen (secondary N) is 1. The zero-order chi connectivity index (χ0) is 13.9. The van der Waals surface area contributed by atoms with Crippen LogP contribution in [0.5, 0.6) is 0 Å². The molecule has 3 N–H and O–H groups in total. The fourth-order valence-electron chi connectivity index (χ4n) is 1.47. The molecule has 1 rings (SSSR count). The van der Waals surface area contributed by atoms with Gasteiger partial charge in [0, 0.05) is 5.92 Å². The van der Waals surface area contributed by atoms with Crippen molar-refractivity contribution in [2.75, 3.05) is 6.61 Å². The maximum absolute atomic E-state index is 11.9. The van der Waals surface area contributed by atoms with E-state index in [2.05, 4.69) is 10.5 Å². The lowest BCUT2D eigenvalue weighted by molar-refractivity contribution is -0.140. The molecule has 1 aromatic rings. The van der Waals surface area contributed by atoms with E-state index in [1.165, 1.54) is 0 Å². The summed E-state index contributed by atoms with van der Waals surface area (Å²) in [5.41, 5.74) is 0.614. The molecule has 0 fully saturated rings. The molecule has 0 saturated heterocycles. The molecule has 0 unspecified atom stereocenters. The number of hydrogen-bond donors (Lipinski definition) is 3. The lowest BCUT2D eigenvalue weighted by Crippen LogP contribution is -2.43. The molecular weight excluding hydrogens is 240 g/mol. The van der Waals surface area contributed by atoms with Crippen LogP contribution in [0, 0.1) is 6.92 Å². The standard InChI is InChI=1S/C11H16N2O5/c1-5(2)9-8(6(3)13-18-9)10(15)12-7(4-14)11(16)17/h5,7,14H,4H2,1-3H3,(H,12,15)(H,16,17)/t7-/m0/s1. The van der Waals surface area contributed by atoms with Crippen LogP contribution in [0.15, 0.2) is 4.52 Å². The Labute approximate surface area is 104 Å². The predicted octanol–water partition coefficient (Wildman–Crippen LogP) is 0.282. The Morgan fingerprint density at radius 1 is 1.44 bits per heavy atom. The number of carbonyl (C=O) groups is 2. The van der Waals surface area contributed by atoms with Crippen molar-refractivity contribution in [3.05, 3.63) is 17.0 Å². The molecule has 7 heteroatoms. The fraction of sp³-hybridized carbons (Fsp3) is 0.545. The third-order valence-electron chi connectivity index (χ3n) is 2.43. The Morgan fingerprint density at radius 2 is 2.06 bits per heavy atom. The van der Waals surface area contributed by atoms with Gasteiger partial charge in [0.15, 0.2) is 11.8 Å². The van der Waals surface area contributed by atoms with E-state index < -0.39 is 24.5 Å². The second kappa shape index (κ2) is 5.63. The van der Waals surface area contributed by atoms with Crippen molar-refractivity contribution in [3.63, 3.8) is 0 Å². The number of rotatable bonds is 5. The predicted molar refractivity (Wildman–Crippen MR) is 61.3 cm³/mol. The average molecular weight is 256 g/mol. The second-order valence-electron chi connectivity index (χ2n) is 4.21. The van der Waals surface area contributed by atoms with Crippen LogP contribution in [0.4, 0.5) is 0 Å². The van der Waals surface area contributed by atoms with E-state index in [0.717, 1.165) is 0 Å². The highest BCUT2D eigenvalue weighted by Gasteiger charge is 2.26. The number of aliphatic hydroxyl groups is 1. The minimum atomic E-state index is -1.34. The molecule has 18 heavy (non-hydrogen) atoms. The molecule has 1 amide bonds. The van der Waals surface area contributed by atoms with E-state index in [0.29, 0.717) is 11.5 Å². The van der Waals surface area contributed by atoms with Crippen molar-refractivity contribution >= 4 is 11.9 Å². The van der Waals surface area contributed by atoms with E-state index in [1.54, 1.807) is 6.92 Å². The van der Waals surface area contributed by atoms with Gasteiger partial charge >= 0.3 is 5.97 Å². The quantitative estimate of drug-likeness (QED) is 0.697. The maximum atomic E-state index is 11.9.